The third-order valence-corrected chi connectivity index (χ3v) is 6.19. The van der Waals surface area contributed by atoms with Gasteiger partial charge in [-0.2, -0.15) is 0 Å². The standard InChI is InChI=1S/C30H40N2O/c1-3-5-7-9-11-13-26-18-20-28(21-19-26)29-22-31-30(32-23-29)33-24-27-16-14-25(15-17-27)12-10-8-6-4-2/h14-23H,3-13,24H2,1-2H3. The van der Waals surface area contributed by atoms with E-state index in [0.29, 0.717) is 12.6 Å². The lowest BCUT2D eigenvalue weighted by Gasteiger charge is -2.07. The van der Waals surface area contributed by atoms with Gasteiger partial charge in [-0.1, -0.05) is 107 Å². The number of rotatable bonds is 15. The Morgan fingerprint density at radius 2 is 1.03 bits per heavy atom. The van der Waals surface area contributed by atoms with E-state index < -0.39 is 0 Å². The quantitative estimate of drug-likeness (QED) is 0.221. The second kappa shape index (κ2) is 14.5. The minimum absolute atomic E-state index is 0.422. The molecule has 3 heteroatoms. The lowest BCUT2D eigenvalue weighted by Crippen LogP contribution is -1.99. The van der Waals surface area contributed by atoms with Crippen LogP contribution in [0.15, 0.2) is 60.9 Å². The molecule has 3 nitrogen and oxygen atoms in total. The van der Waals surface area contributed by atoms with Crippen LogP contribution < -0.4 is 4.74 Å². The van der Waals surface area contributed by atoms with E-state index in [1.54, 1.807) is 0 Å². The predicted molar refractivity (Wildman–Crippen MR) is 139 cm³/mol. The van der Waals surface area contributed by atoms with Crippen LogP contribution in [0.1, 0.15) is 88.3 Å². The maximum absolute atomic E-state index is 5.80. The van der Waals surface area contributed by atoms with E-state index in [4.69, 9.17) is 4.74 Å². The van der Waals surface area contributed by atoms with Gasteiger partial charge in [-0.25, -0.2) is 9.97 Å². The van der Waals surface area contributed by atoms with Crippen molar-refractivity contribution in [2.45, 2.75) is 91.1 Å². The van der Waals surface area contributed by atoms with Gasteiger partial charge in [-0.15, -0.1) is 0 Å². The fourth-order valence-electron chi connectivity index (χ4n) is 4.04. The molecule has 3 aromatic rings. The van der Waals surface area contributed by atoms with Crippen molar-refractivity contribution in [2.75, 3.05) is 0 Å². The van der Waals surface area contributed by atoms with Gasteiger partial charge in [0.1, 0.15) is 6.61 Å². The minimum atomic E-state index is 0.422. The lowest BCUT2D eigenvalue weighted by molar-refractivity contribution is 0.280. The molecule has 0 amide bonds. The van der Waals surface area contributed by atoms with Crippen LogP contribution in [-0.2, 0) is 19.4 Å². The van der Waals surface area contributed by atoms with E-state index in [-0.39, 0.29) is 0 Å². The number of hydrogen-bond acceptors (Lipinski definition) is 3. The van der Waals surface area contributed by atoms with Crippen LogP contribution in [0, 0.1) is 0 Å². The third-order valence-electron chi connectivity index (χ3n) is 6.19. The minimum Gasteiger partial charge on any atom is -0.459 e. The molecule has 0 aliphatic heterocycles. The van der Waals surface area contributed by atoms with Crippen molar-refractivity contribution in [3.05, 3.63) is 77.6 Å². The topological polar surface area (TPSA) is 35.0 Å². The molecule has 3 rings (SSSR count). The Morgan fingerprint density at radius 1 is 0.545 bits per heavy atom. The molecule has 1 aromatic heterocycles. The van der Waals surface area contributed by atoms with Crippen molar-refractivity contribution >= 4 is 0 Å². The fourth-order valence-corrected chi connectivity index (χ4v) is 4.04. The zero-order valence-electron chi connectivity index (χ0n) is 20.6. The van der Waals surface area contributed by atoms with E-state index in [0.717, 1.165) is 29.5 Å². The maximum Gasteiger partial charge on any atom is 0.316 e. The fraction of sp³-hybridized carbons (Fsp3) is 0.467. The van der Waals surface area contributed by atoms with Crippen molar-refractivity contribution in [2.24, 2.45) is 0 Å². The summed E-state index contributed by atoms with van der Waals surface area (Å²) in [6.07, 6.45) is 17.8. The first-order valence-corrected chi connectivity index (χ1v) is 12.9. The molecule has 0 saturated carbocycles. The molecule has 1 heterocycles. The van der Waals surface area contributed by atoms with E-state index in [1.165, 1.54) is 68.9 Å². The highest BCUT2D eigenvalue weighted by Crippen LogP contribution is 2.20. The molecule has 0 aliphatic carbocycles. The Hall–Kier alpha value is -2.68. The third kappa shape index (κ3) is 9.00. The number of hydrogen-bond donors (Lipinski definition) is 0. The number of unbranched alkanes of at least 4 members (excludes halogenated alkanes) is 7. The summed E-state index contributed by atoms with van der Waals surface area (Å²) in [6, 6.07) is 17.9. The maximum atomic E-state index is 5.80. The molecule has 2 aromatic carbocycles. The normalized spacial score (nSPS) is 11.0. The molecule has 0 unspecified atom stereocenters. The van der Waals surface area contributed by atoms with Crippen LogP contribution in [-0.4, -0.2) is 9.97 Å². The number of aromatic nitrogens is 2. The Balaban J connectivity index is 1.43. The first-order valence-electron chi connectivity index (χ1n) is 12.9. The van der Waals surface area contributed by atoms with Gasteiger partial charge >= 0.3 is 6.01 Å². The molecule has 0 atom stereocenters. The van der Waals surface area contributed by atoms with Crippen molar-refractivity contribution in [1.29, 1.82) is 0 Å². The Kier molecular flexibility index (Phi) is 10.9. The van der Waals surface area contributed by atoms with Gasteiger partial charge in [0, 0.05) is 18.0 Å². The van der Waals surface area contributed by atoms with Gasteiger partial charge in [0.25, 0.3) is 0 Å². The largest absolute Gasteiger partial charge is 0.459 e. The lowest BCUT2D eigenvalue weighted by atomic mass is 10.0. The van der Waals surface area contributed by atoms with Crippen LogP contribution >= 0.6 is 0 Å². The molecule has 0 N–H and O–H groups in total. The number of benzene rings is 2. The number of ether oxygens (including phenoxy) is 1. The molecular formula is C30H40N2O. The summed E-state index contributed by atoms with van der Waals surface area (Å²) in [6.45, 7) is 5.00. The molecule has 33 heavy (non-hydrogen) atoms. The van der Waals surface area contributed by atoms with Gasteiger partial charge < -0.3 is 4.74 Å². The predicted octanol–water partition coefficient (Wildman–Crippen LogP) is 8.36. The van der Waals surface area contributed by atoms with Crippen LogP contribution in [0.5, 0.6) is 6.01 Å². The first kappa shape index (κ1) is 25.0. The highest BCUT2D eigenvalue weighted by atomic mass is 16.5. The van der Waals surface area contributed by atoms with Crippen molar-refractivity contribution in [1.82, 2.24) is 9.97 Å². The van der Waals surface area contributed by atoms with Gasteiger partial charge in [0.15, 0.2) is 0 Å². The van der Waals surface area contributed by atoms with Crippen LogP contribution in [0.3, 0.4) is 0 Å². The van der Waals surface area contributed by atoms with Crippen molar-refractivity contribution < 1.29 is 4.74 Å². The molecule has 0 aliphatic rings. The molecule has 0 bridgehead atoms. The molecule has 176 valence electrons. The average molecular weight is 445 g/mol. The highest BCUT2D eigenvalue weighted by molar-refractivity contribution is 5.61. The van der Waals surface area contributed by atoms with E-state index in [1.807, 2.05) is 12.4 Å². The van der Waals surface area contributed by atoms with Crippen LogP contribution in [0.25, 0.3) is 11.1 Å². The summed E-state index contributed by atoms with van der Waals surface area (Å²) in [5.41, 5.74) is 6.11. The highest BCUT2D eigenvalue weighted by Gasteiger charge is 2.04. The van der Waals surface area contributed by atoms with Crippen LogP contribution in [0.2, 0.25) is 0 Å². The first-order chi connectivity index (χ1) is 16.3. The summed E-state index contributed by atoms with van der Waals surface area (Å²) in [7, 11) is 0. The summed E-state index contributed by atoms with van der Waals surface area (Å²) in [4.78, 5) is 8.83. The summed E-state index contributed by atoms with van der Waals surface area (Å²) in [5, 5.41) is 0. The smallest absolute Gasteiger partial charge is 0.316 e. The Morgan fingerprint density at radius 3 is 1.61 bits per heavy atom. The van der Waals surface area contributed by atoms with E-state index >= 15 is 0 Å². The Labute approximate surface area is 200 Å². The van der Waals surface area contributed by atoms with E-state index in [2.05, 4.69) is 72.3 Å². The molecule has 0 fully saturated rings. The van der Waals surface area contributed by atoms with Gasteiger partial charge in [-0.05, 0) is 47.9 Å². The molecule has 0 saturated heterocycles. The van der Waals surface area contributed by atoms with Gasteiger partial charge in [0.2, 0.25) is 0 Å². The summed E-state index contributed by atoms with van der Waals surface area (Å²) < 4.78 is 5.80. The SMILES string of the molecule is CCCCCCCc1ccc(-c2cnc(OCc3ccc(CCCCCC)cc3)nc2)cc1. The monoisotopic (exact) mass is 444 g/mol. The van der Waals surface area contributed by atoms with Crippen molar-refractivity contribution in [3.8, 4) is 17.1 Å². The molecule has 0 spiro atoms. The molecular weight excluding hydrogens is 404 g/mol. The van der Waals surface area contributed by atoms with Crippen molar-refractivity contribution in [3.63, 3.8) is 0 Å². The zero-order valence-corrected chi connectivity index (χ0v) is 20.6. The molecule has 0 radical (unpaired) electrons. The number of aryl methyl sites for hydroxylation is 2. The second-order valence-corrected chi connectivity index (χ2v) is 9.03. The summed E-state index contributed by atoms with van der Waals surface area (Å²) >= 11 is 0. The number of nitrogens with zero attached hydrogens (tertiary/aromatic N) is 2. The van der Waals surface area contributed by atoms with Gasteiger partial charge in [0.05, 0.1) is 0 Å². The second-order valence-electron chi connectivity index (χ2n) is 9.03. The average Bonchev–Trinajstić information content (AvgIpc) is 2.87. The van der Waals surface area contributed by atoms with Crippen LogP contribution in [0.4, 0.5) is 0 Å². The summed E-state index contributed by atoms with van der Waals surface area (Å²) in [5.74, 6) is 0. The van der Waals surface area contributed by atoms with Gasteiger partial charge in [-0.3, -0.25) is 0 Å². The Bertz CT molecular complexity index is 902. The van der Waals surface area contributed by atoms with E-state index in [9.17, 15) is 0 Å². The zero-order chi connectivity index (χ0) is 23.1.